The van der Waals surface area contributed by atoms with Crippen LogP contribution >= 0.6 is 0 Å². The first kappa shape index (κ1) is 13.7. The summed E-state index contributed by atoms with van der Waals surface area (Å²) in [5.74, 6) is 0. The Morgan fingerprint density at radius 1 is 1.29 bits per heavy atom. The van der Waals surface area contributed by atoms with Crippen LogP contribution < -0.4 is 11.2 Å². The number of aryl methyl sites for hydroxylation is 1. The summed E-state index contributed by atoms with van der Waals surface area (Å²) >= 11 is 0. The van der Waals surface area contributed by atoms with Crippen LogP contribution in [0, 0.1) is 0 Å². The van der Waals surface area contributed by atoms with Gasteiger partial charge in [0.05, 0.1) is 13.2 Å². The standard InChI is InChI=1S/C12H20N2O3/c1-3-5-7-17-8-6-14-9-10(4-2)11(15)13-12(14)16/h9H,3-8H2,1-2H3,(H,13,15,16). The fourth-order valence-electron chi connectivity index (χ4n) is 1.48. The molecule has 17 heavy (non-hydrogen) atoms. The Bertz CT molecular complexity index is 448. The highest BCUT2D eigenvalue weighted by atomic mass is 16.5. The fraction of sp³-hybridized carbons (Fsp3) is 0.667. The summed E-state index contributed by atoms with van der Waals surface area (Å²) < 4.78 is 6.88. The second-order valence-corrected chi connectivity index (χ2v) is 3.93. The highest BCUT2D eigenvalue weighted by molar-refractivity contribution is 5.03. The molecule has 0 bridgehead atoms. The van der Waals surface area contributed by atoms with Crippen molar-refractivity contribution in [3.05, 3.63) is 32.6 Å². The second kappa shape index (κ2) is 7.06. The number of ether oxygens (including phenoxy) is 1. The summed E-state index contributed by atoms with van der Waals surface area (Å²) in [6, 6.07) is 0. The Balaban J connectivity index is 2.59. The molecule has 5 heteroatoms. The topological polar surface area (TPSA) is 64.1 Å². The number of nitrogens with one attached hydrogen (secondary N) is 1. The molecule has 0 aliphatic heterocycles. The maximum Gasteiger partial charge on any atom is 0.328 e. The molecule has 1 N–H and O–H groups in total. The third-order valence-corrected chi connectivity index (χ3v) is 2.58. The van der Waals surface area contributed by atoms with Gasteiger partial charge in [0.2, 0.25) is 0 Å². The van der Waals surface area contributed by atoms with Gasteiger partial charge in [-0.3, -0.25) is 14.3 Å². The highest BCUT2D eigenvalue weighted by Crippen LogP contribution is 1.91. The third kappa shape index (κ3) is 4.19. The maximum absolute atomic E-state index is 11.5. The molecule has 0 fully saturated rings. The highest BCUT2D eigenvalue weighted by Gasteiger charge is 2.02. The van der Waals surface area contributed by atoms with E-state index in [0.29, 0.717) is 25.1 Å². The Morgan fingerprint density at radius 2 is 2.06 bits per heavy atom. The monoisotopic (exact) mass is 240 g/mol. The Hall–Kier alpha value is -1.36. The molecule has 0 saturated heterocycles. The molecule has 1 heterocycles. The van der Waals surface area contributed by atoms with E-state index in [9.17, 15) is 9.59 Å². The van der Waals surface area contributed by atoms with E-state index < -0.39 is 0 Å². The maximum atomic E-state index is 11.5. The molecule has 1 aromatic rings. The van der Waals surface area contributed by atoms with E-state index in [1.165, 1.54) is 4.57 Å². The van der Waals surface area contributed by atoms with Gasteiger partial charge in [0, 0.05) is 18.4 Å². The summed E-state index contributed by atoms with van der Waals surface area (Å²) in [4.78, 5) is 25.1. The number of aromatic amines is 1. The van der Waals surface area contributed by atoms with Crippen molar-refractivity contribution in [2.75, 3.05) is 13.2 Å². The lowest BCUT2D eigenvalue weighted by Gasteiger charge is -2.07. The van der Waals surface area contributed by atoms with Gasteiger partial charge in [-0.25, -0.2) is 4.79 Å². The Morgan fingerprint density at radius 3 is 2.71 bits per heavy atom. The number of H-pyrrole nitrogens is 1. The van der Waals surface area contributed by atoms with Crippen molar-refractivity contribution < 1.29 is 4.74 Å². The molecule has 5 nitrogen and oxygen atoms in total. The molecule has 0 spiro atoms. The van der Waals surface area contributed by atoms with Crippen molar-refractivity contribution in [2.24, 2.45) is 0 Å². The normalized spacial score (nSPS) is 10.7. The van der Waals surface area contributed by atoms with Gasteiger partial charge in [-0.15, -0.1) is 0 Å². The van der Waals surface area contributed by atoms with Gasteiger partial charge in [0.25, 0.3) is 5.56 Å². The van der Waals surface area contributed by atoms with E-state index in [1.807, 2.05) is 6.92 Å². The minimum Gasteiger partial charge on any atom is -0.380 e. The first-order valence-corrected chi connectivity index (χ1v) is 6.09. The van der Waals surface area contributed by atoms with Crippen molar-refractivity contribution >= 4 is 0 Å². The van der Waals surface area contributed by atoms with Gasteiger partial charge in [0.1, 0.15) is 0 Å². The van der Waals surface area contributed by atoms with Crippen LogP contribution in [0.25, 0.3) is 0 Å². The van der Waals surface area contributed by atoms with E-state index >= 15 is 0 Å². The largest absolute Gasteiger partial charge is 0.380 e. The number of rotatable bonds is 7. The summed E-state index contributed by atoms with van der Waals surface area (Å²) in [6.07, 6.45) is 4.36. The predicted octanol–water partition coefficient (Wildman–Crippen LogP) is 0.916. The molecule has 0 radical (unpaired) electrons. The smallest absolute Gasteiger partial charge is 0.328 e. The molecule has 0 aromatic carbocycles. The second-order valence-electron chi connectivity index (χ2n) is 3.93. The van der Waals surface area contributed by atoms with Crippen LogP contribution in [0.15, 0.2) is 15.8 Å². The molecule has 0 saturated carbocycles. The third-order valence-electron chi connectivity index (χ3n) is 2.58. The van der Waals surface area contributed by atoms with Crippen LogP contribution in [0.5, 0.6) is 0 Å². The van der Waals surface area contributed by atoms with Crippen molar-refractivity contribution in [1.82, 2.24) is 9.55 Å². The number of nitrogens with zero attached hydrogens (tertiary/aromatic N) is 1. The average Bonchev–Trinajstić information content (AvgIpc) is 2.31. The van der Waals surface area contributed by atoms with Gasteiger partial charge in [-0.1, -0.05) is 20.3 Å². The molecular weight excluding hydrogens is 220 g/mol. The molecule has 0 aliphatic carbocycles. The van der Waals surface area contributed by atoms with Crippen molar-refractivity contribution in [3.63, 3.8) is 0 Å². The molecule has 0 amide bonds. The molecule has 96 valence electrons. The zero-order valence-corrected chi connectivity index (χ0v) is 10.5. The van der Waals surface area contributed by atoms with Gasteiger partial charge in [-0.05, 0) is 12.8 Å². The lowest BCUT2D eigenvalue weighted by Crippen LogP contribution is -2.32. The molecule has 1 rings (SSSR count). The Labute approximate surface area is 100 Å². The van der Waals surface area contributed by atoms with E-state index in [4.69, 9.17) is 4.74 Å². The molecule has 0 aliphatic rings. The van der Waals surface area contributed by atoms with Crippen LogP contribution in [-0.4, -0.2) is 22.8 Å². The van der Waals surface area contributed by atoms with Crippen molar-refractivity contribution in [1.29, 1.82) is 0 Å². The zero-order valence-electron chi connectivity index (χ0n) is 10.5. The fourth-order valence-corrected chi connectivity index (χ4v) is 1.48. The number of aromatic nitrogens is 2. The lowest BCUT2D eigenvalue weighted by atomic mass is 10.3. The molecule has 1 aromatic heterocycles. The van der Waals surface area contributed by atoms with Crippen LogP contribution in [-0.2, 0) is 17.7 Å². The SMILES string of the molecule is CCCCOCCn1cc(CC)c(=O)[nH]c1=O. The number of hydrogen-bond donors (Lipinski definition) is 1. The van der Waals surface area contributed by atoms with Crippen LogP contribution in [0.1, 0.15) is 32.3 Å². The van der Waals surface area contributed by atoms with Gasteiger partial charge >= 0.3 is 5.69 Å². The number of hydrogen-bond acceptors (Lipinski definition) is 3. The predicted molar refractivity (Wildman–Crippen MR) is 66.4 cm³/mol. The first-order valence-electron chi connectivity index (χ1n) is 6.09. The summed E-state index contributed by atoms with van der Waals surface area (Å²) in [6.45, 7) is 5.68. The molecule has 0 atom stereocenters. The molecule has 0 unspecified atom stereocenters. The van der Waals surface area contributed by atoms with E-state index in [1.54, 1.807) is 6.20 Å². The summed E-state index contributed by atoms with van der Waals surface area (Å²) in [5, 5.41) is 0. The van der Waals surface area contributed by atoms with Crippen LogP contribution in [0.2, 0.25) is 0 Å². The van der Waals surface area contributed by atoms with Crippen molar-refractivity contribution in [3.8, 4) is 0 Å². The average molecular weight is 240 g/mol. The minimum absolute atomic E-state index is 0.291. The Kier molecular flexibility index (Phi) is 5.69. The number of unbranched alkanes of at least 4 members (excludes halogenated alkanes) is 1. The van der Waals surface area contributed by atoms with Gasteiger partial charge < -0.3 is 4.74 Å². The zero-order chi connectivity index (χ0) is 12.7. The van der Waals surface area contributed by atoms with E-state index in [-0.39, 0.29) is 11.2 Å². The lowest BCUT2D eigenvalue weighted by molar-refractivity contribution is 0.122. The van der Waals surface area contributed by atoms with Crippen molar-refractivity contribution in [2.45, 2.75) is 39.7 Å². The molecular formula is C12H20N2O3. The van der Waals surface area contributed by atoms with Gasteiger partial charge in [-0.2, -0.15) is 0 Å². The quantitative estimate of drug-likeness (QED) is 0.721. The van der Waals surface area contributed by atoms with Crippen LogP contribution in [0.3, 0.4) is 0 Å². The minimum atomic E-state index is -0.369. The summed E-state index contributed by atoms with van der Waals surface area (Å²) in [7, 11) is 0. The first-order chi connectivity index (χ1) is 8.19. The van der Waals surface area contributed by atoms with E-state index in [2.05, 4.69) is 11.9 Å². The van der Waals surface area contributed by atoms with Gasteiger partial charge in [0.15, 0.2) is 0 Å². The van der Waals surface area contributed by atoms with E-state index in [0.717, 1.165) is 19.4 Å². The summed E-state index contributed by atoms with van der Waals surface area (Å²) in [5.41, 5.74) is -0.0369. The van der Waals surface area contributed by atoms with Crippen LogP contribution in [0.4, 0.5) is 0 Å².